The molecule has 162 valence electrons. The fraction of sp³-hybridized carbons (Fsp3) is 0.778. The van der Waals surface area contributed by atoms with Gasteiger partial charge in [-0.05, 0) is 18.4 Å². The normalized spacial score (nSPS) is 15.1. The predicted molar refractivity (Wildman–Crippen MR) is 108 cm³/mol. The van der Waals surface area contributed by atoms with E-state index < -0.39 is 48.3 Å². The molecule has 28 heavy (non-hydrogen) atoms. The molecule has 10 heteroatoms. The molecular formula is C18H30O8S2. The van der Waals surface area contributed by atoms with E-state index >= 15 is 0 Å². The minimum atomic E-state index is -1.15. The molecule has 0 spiro atoms. The summed E-state index contributed by atoms with van der Waals surface area (Å²) in [6.07, 6.45) is -4.14. The quantitative estimate of drug-likeness (QED) is 0.256. The lowest BCUT2D eigenvalue weighted by molar-refractivity contribution is -0.195. The van der Waals surface area contributed by atoms with Crippen molar-refractivity contribution in [1.82, 2.24) is 0 Å². The molecule has 0 aromatic carbocycles. The number of esters is 4. The third-order valence-electron chi connectivity index (χ3n) is 3.30. The minimum absolute atomic E-state index is 0.286. The summed E-state index contributed by atoms with van der Waals surface area (Å²) in [5, 5.41) is 0. The topological polar surface area (TPSA) is 105 Å². The summed E-state index contributed by atoms with van der Waals surface area (Å²) < 4.78 is 21.2. The Balaban J connectivity index is 6.15. The van der Waals surface area contributed by atoms with Crippen molar-refractivity contribution in [3.8, 4) is 0 Å². The highest BCUT2D eigenvalue weighted by Crippen LogP contribution is 2.33. The lowest BCUT2D eigenvalue weighted by atomic mass is 10.0. The van der Waals surface area contributed by atoms with Crippen LogP contribution in [0.1, 0.15) is 48.5 Å². The lowest BCUT2D eigenvalue weighted by Crippen LogP contribution is -2.53. The number of rotatable bonds is 12. The molecule has 0 aliphatic rings. The van der Waals surface area contributed by atoms with Gasteiger partial charge < -0.3 is 18.9 Å². The van der Waals surface area contributed by atoms with Gasteiger partial charge in [0.2, 0.25) is 0 Å². The summed E-state index contributed by atoms with van der Waals surface area (Å²) in [5.41, 5.74) is 0. The maximum atomic E-state index is 11.8. The third kappa shape index (κ3) is 10.2. The van der Waals surface area contributed by atoms with Crippen LogP contribution in [0.2, 0.25) is 0 Å². The van der Waals surface area contributed by atoms with Gasteiger partial charge in [-0.15, -0.1) is 23.5 Å². The standard InChI is InChI=1S/C18H30O8S2/c1-8-27-18(28-9-2)17(26-14(7)22)16(25-13(6)21)15(24-12(5)20)10(3)23-11(4)19/h10,15-18H,8-9H2,1-7H3/t10-,15-,16-,17+/m1/s1. The van der Waals surface area contributed by atoms with Crippen molar-refractivity contribution < 1.29 is 38.1 Å². The average Bonchev–Trinajstić information content (AvgIpc) is 2.54. The van der Waals surface area contributed by atoms with Crippen molar-refractivity contribution in [1.29, 1.82) is 0 Å². The molecule has 0 bridgehead atoms. The highest BCUT2D eigenvalue weighted by Gasteiger charge is 2.45. The van der Waals surface area contributed by atoms with Gasteiger partial charge in [0, 0.05) is 27.7 Å². The summed E-state index contributed by atoms with van der Waals surface area (Å²) in [4.78, 5) is 46.7. The molecular weight excluding hydrogens is 408 g/mol. The van der Waals surface area contributed by atoms with Gasteiger partial charge in [-0.2, -0.15) is 0 Å². The van der Waals surface area contributed by atoms with E-state index in [-0.39, 0.29) is 4.58 Å². The van der Waals surface area contributed by atoms with Crippen LogP contribution in [0.5, 0.6) is 0 Å². The molecule has 0 aliphatic heterocycles. The smallest absolute Gasteiger partial charge is 0.303 e. The Hall–Kier alpha value is -1.42. The Labute approximate surface area is 174 Å². The second-order valence-electron chi connectivity index (χ2n) is 5.82. The fourth-order valence-electron chi connectivity index (χ4n) is 2.50. The van der Waals surface area contributed by atoms with Crippen molar-refractivity contribution >= 4 is 47.4 Å². The molecule has 0 unspecified atom stereocenters. The monoisotopic (exact) mass is 438 g/mol. The number of hydrogen-bond acceptors (Lipinski definition) is 10. The van der Waals surface area contributed by atoms with Crippen molar-refractivity contribution in [3.05, 3.63) is 0 Å². The Kier molecular flexibility index (Phi) is 13.0. The molecule has 0 rings (SSSR count). The van der Waals surface area contributed by atoms with Gasteiger partial charge in [-0.1, -0.05) is 13.8 Å². The van der Waals surface area contributed by atoms with Crippen LogP contribution in [-0.4, -0.2) is 64.4 Å². The molecule has 0 heterocycles. The van der Waals surface area contributed by atoms with Crippen LogP contribution in [0.4, 0.5) is 0 Å². The summed E-state index contributed by atoms with van der Waals surface area (Å²) in [6.45, 7) is 10.3. The summed E-state index contributed by atoms with van der Waals surface area (Å²) >= 11 is 3.03. The molecule has 0 aromatic heterocycles. The van der Waals surface area contributed by atoms with E-state index in [2.05, 4.69) is 0 Å². The molecule has 0 fully saturated rings. The summed E-state index contributed by atoms with van der Waals surface area (Å²) in [6, 6.07) is 0. The van der Waals surface area contributed by atoms with Gasteiger partial charge in [0.05, 0.1) is 4.58 Å². The number of carbonyl (C=O) groups is 4. The SMILES string of the molecule is CCSC(SCC)[C@@H](OC(C)=O)[C@H](OC(C)=O)[C@H](OC(C)=O)[C@@H](C)OC(C)=O. The van der Waals surface area contributed by atoms with E-state index in [0.717, 1.165) is 11.5 Å². The molecule has 0 N–H and O–H groups in total. The molecule has 0 saturated heterocycles. The van der Waals surface area contributed by atoms with Gasteiger partial charge in [0.1, 0.15) is 6.10 Å². The van der Waals surface area contributed by atoms with Crippen molar-refractivity contribution in [3.63, 3.8) is 0 Å². The first-order valence-corrected chi connectivity index (χ1v) is 11.0. The molecule has 8 nitrogen and oxygen atoms in total. The Bertz CT molecular complexity index is 534. The summed E-state index contributed by atoms with van der Waals surface area (Å²) in [5.74, 6) is -0.999. The fourth-order valence-corrected chi connectivity index (χ4v) is 5.16. The Morgan fingerprint density at radius 1 is 0.643 bits per heavy atom. The highest BCUT2D eigenvalue weighted by atomic mass is 32.2. The number of carbonyl (C=O) groups excluding carboxylic acids is 4. The van der Waals surface area contributed by atoms with Gasteiger partial charge in [0.15, 0.2) is 18.3 Å². The number of ether oxygens (including phenoxy) is 4. The second kappa shape index (κ2) is 13.7. The van der Waals surface area contributed by atoms with E-state index in [4.69, 9.17) is 18.9 Å². The molecule has 0 amide bonds. The van der Waals surface area contributed by atoms with E-state index in [1.54, 1.807) is 0 Å². The van der Waals surface area contributed by atoms with Crippen molar-refractivity contribution in [2.75, 3.05) is 11.5 Å². The van der Waals surface area contributed by atoms with E-state index in [1.807, 2.05) is 13.8 Å². The number of hydrogen-bond donors (Lipinski definition) is 0. The minimum Gasteiger partial charge on any atom is -0.459 e. The zero-order valence-electron chi connectivity index (χ0n) is 17.4. The van der Waals surface area contributed by atoms with Gasteiger partial charge >= 0.3 is 23.9 Å². The van der Waals surface area contributed by atoms with Crippen molar-refractivity contribution in [2.45, 2.75) is 77.5 Å². The van der Waals surface area contributed by atoms with Gasteiger partial charge in [0.25, 0.3) is 0 Å². The van der Waals surface area contributed by atoms with E-state index in [1.165, 1.54) is 58.1 Å². The van der Waals surface area contributed by atoms with Crippen LogP contribution in [0.3, 0.4) is 0 Å². The van der Waals surface area contributed by atoms with Gasteiger partial charge in [-0.3, -0.25) is 19.2 Å². The highest BCUT2D eigenvalue weighted by molar-refractivity contribution is 8.17. The predicted octanol–water partition coefficient (Wildman–Crippen LogP) is 2.57. The first-order valence-electron chi connectivity index (χ1n) is 8.95. The third-order valence-corrected chi connectivity index (χ3v) is 5.98. The van der Waals surface area contributed by atoms with Gasteiger partial charge in [-0.25, -0.2) is 0 Å². The molecule has 0 saturated carbocycles. The molecule has 0 aromatic rings. The van der Waals surface area contributed by atoms with Crippen LogP contribution in [-0.2, 0) is 38.1 Å². The first-order chi connectivity index (χ1) is 13.0. The van der Waals surface area contributed by atoms with Crippen LogP contribution >= 0.6 is 23.5 Å². The maximum Gasteiger partial charge on any atom is 0.303 e. The van der Waals surface area contributed by atoms with Crippen LogP contribution in [0.15, 0.2) is 0 Å². The lowest BCUT2D eigenvalue weighted by Gasteiger charge is -2.37. The summed E-state index contributed by atoms with van der Waals surface area (Å²) in [7, 11) is 0. The van der Waals surface area contributed by atoms with E-state index in [9.17, 15) is 19.2 Å². The molecule has 0 aliphatic carbocycles. The van der Waals surface area contributed by atoms with Crippen LogP contribution < -0.4 is 0 Å². The zero-order chi connectivity index (χ0) is 21.9. The molecule has 4 atom stereocenters. The van der Waals surface area contributed by atoms with Crippen LogP contribution in [0, 0.1) is 0 Å². The maximum absolute atomic E-state index is 11.8. The average molecular weight is 439 g/mol. The second-order valence-corrected chi connectivity index (χ2v) is 8.95. The Morgan fingerprint density at radius 3 is 1.36 bits per heavy atom. The van der Waals surface area contributed by atoms with Crippen molar-refractivity contribution in [2.24, 2.45) is 0 Å². The molecule has 0 radical (unpaired) electrons. The Morgan fingerprint density at radius 2 is 1.00 bits per heavy atom. The van der Waals surface area contributed by atoms with E-state index in [0.29, 0.717) is 0 Å². The largest absolute Gasteiger partial charge is 0.459 e. The first kappa shape index (κ1) is 26.6. The zero-order valence-corrected chi connectivity index (χ0v) is 19.0. The van der Waals surface area contributed by atoms with Crippen LogP contribution in [0.25, 0.3) is 0 Å². The number of thioether (sulfide) groups is 2.